The molecular weight excluding hydrogens is 230 g/mol. The van der Waals surface area contributed by atoms with Gasteiger partial charge in [0, 0.05) is 44.1 Å². The molecule has 1 aromatic rings. The van der Waals surface area contributed by atoms with Crippen molar-refractivity contribution in [2.45, 2.75) is 6.42 Å². The van der Waals surface area contributed by atoms with Crippen LogP contribution in [0.5, 0.6) is 0 Å². The van der Waals surface area contributed by atoms with Gasteiger partial charge >= 0.3 is 0 Å². The van der Waals surface area contributed by atoms with Gasteiger partial charge in [-0.25, -0.2) is 10.8 Å². The Kier molecular flexibility index (Phi) is 4.74. The molecule has 0 atom stereocenters. The number of nitrogens with zero attached hydrogens (tertiary/aromatic N) is 3. The first kappa shape index (κ1) is 13.1. The molecule has 4 N–H and O–H groups in total. The van der Waals surface area contributed by atoms with Crippen LogP contribution in [0.4, 0.5) is 11.5 Å². The molecule has 0 aliphatic carbocycles. The van der Waals surface area contributed by atoms with Gasteiger partial charge in [0.2, 0.25) is 0 Å². The van der Waals surface area contributed by atoms with Crippen LogP contribution in [0.1, 0.15) is 6.42 Å². The number of aromatic nitrogens is 1. The van der Waals surface area contributed by atoms with Crippen molar-refractivity contribution in [1.29, 1.82) is 0 Å². The lowest BCUT2D eigenvalue weighted by molar-refractivity contribution is 0.204. The lowest BCUT2D eigenvalue weighted by atomic mass is 10.3. The highest BCUT2D eigenvalue weighted by molar-refractivity contribution is 5.53. The lowest BCUT2D eigenvalue weighted by Crippen LogP contribution is -2.32. The second-order valence-corrected chi connectivity index (χ2v) is 4.45. The van der Waals surface area contributed by atoms with Gasteiger partial charge in [0.05, 0.1) is 6.61 Å². The molecule has 1 aliphatic heterocycles. The third-order valence-corrected chi connectivity index (χ3v) is 3.26. The molecule has 0 radical (unpaired) electrons. The molecule has 6 heteroatoms. The molecule has 2 rings (SSSR count). The molecule has 1 aromatic heterocycles. The minimum atomic E-state index is 0.233. The minimum Gasteiger partial charge on any atom is -0.395 e. The number of nitrogens with two attached hydrogens (primary N) is 1. The lowest BCUT2D eigenvalue weighted by Gasteiger charge is -2.23. The van der Waals surface area contributed by atoms with Gasteiger partial charge in [-0.3, -0.25) is 4.90 Å². The van der Waals surface area contributed by atoms with Gasteiger partial charge in [-0.1, -0.05) is 0 Å². The molecule has 6 nitrogen and oxygen atoms in total. The Bertz CT molecular complexity index is 373. The van der Waals surface area contributed by atoms with Gasteiger partial charge < -0.3 is 15.4 Å². The topological polar surface area (TPSA) is 77.7 Å². The van der Waals surface area contributed by atoms with Gasteiger partial charge in [0.25, 0.3) is 0 Å². The van der Waals surface area contributed by atoms with E-state index in [1.807, 2.05) is 12.1 Å². The number of aliphatic hydroxyl groups is 1. The van der Waals surface area contributed by atoms with Crippen molar-refractivity contribution in [2.24, 2.45) is 5.84 Å². The molecule has 0 amide bonds. The summed E-state index contributed by atoms with van der Waals surface area (Å²) in [6.07, 6.45) is 2.87. The number of hydrogen-bond donors (Lipinski definition) is 3. The second kappa shape index (κ2) is 6.53. The molecule has 2 heterocycles. The number of hydrazine groups is 1. The normalized spacial score (nSPS) is 17.6. The highest BCUT2D eigenvalue weighted by Crippen LogP contribution is 2.18. The number of β-amino-alcohol motifs (C(OH)–C–C–N with tert-alkyl or cyclic N) is 1. The smallest absolute Gasteiger partial charge is 0.141 e. The number of pyridine rings is 1. The largest absolute Gasteiger partial charge is 0.395 e. The highest BCUT2D eigenvalue weighted by atomic mass is 16.3. The number of aliphatic hydroxyl groups excluding tert-OH is 1. The van der Waals surface area contributed by atoms with E-state index in [2.05, 4.69) is 20.2 Å². The zero-order valence-corrected chi connectivity index (χ0v) is 10.5. The molecule has 0 spiro atoms. The maximum absolute atomic E-state index is 8.98. The Labute approximate surface area is 107 Å². The first-order chi connectivity index (χ1) is 8.83. The van der Waals surface area contributed by atoms with E-state index in [0.29, 0.717) is 5.82 Å². The Hall–Kier alpha value is -1.37. The molecule has 0 saturated carbocycles. The van der Waals surface area contributed by atoms with Crippen LogP contribution in [-0.4, -0.2) is 54.3 Å². The molecular formula is C12H21N5O. The van der Waals surface area contributed by atoms with E-state index < -0.39 is 0 Å². The first-order valence-corrected chi connectivity index (χ1v) is 6.34. The summed E-state index contributed by atoms with van der Waals surface area (Å²) in [4.78, 5) is 8.74. The van der Waals surface area contributed by atoms with Crippen molar-refractivity contribution in [3.05, 3.63) is 18.3 Å². The predicted octanol–water partition coefficient (Wildman–Crippen LogP) is -0.128. The zero-order valence-electron chi connectivity index (χ0n) is 10.5. The molecule has 0 bridgehead atoms. The summed E-state index contributed by atoms with van der Waals surface area (Å²) in [5.41, 5.74) is 3.71. The number of anilines is 2. The monoisotopic (exact) mass is 251 g/mol. The summed E-state index contributed by atoms with van der Waals surface area (Å²) in [6.45, 7) is 5.01. The van der Waals surface area contributed by atoms with Gasteiger partial charge in [-0.2, -0.15) is 0 Å². The van der Waals surface area contributed by atoms with E-state index in [-0.39, 0.29) is 6.61 Å². The van der Waals surface area contributed by atoms with Crippen molar-refractivity contribution in [3.63, 3.8) is 0 Å². The third-order valence-electron chi connectivity index (χ3n) is 3.26. The van der Waals surface area contributed by atoms with Crippen molar-refractivity contribution in [3.8, 4) is 0 Å². The summed E-state index contributed by atoms with van der Waals surface area (Å²) in [7, 11) is 0. The third kappa shape index (κ3) is 3.32. The summed E-state index contributed by atoms with van der Waals surface area (Å²) in [5.74, 6) is 6.06. The predicted molar refractivity (Wildman–Crippen MR) is 72.4 cm³/mol. The van der Waals surface area contributed by atoms with Crippen molar-refractivity contribution < 1.29 is 5.11 Å². The zero-order chi connectivity index (χ0) is 12.8. The van der Waals surface area contributed by atoms with E-state index in [1.165, 1.54) is 0 Å². The van der Waals surface area contributed by atoms with E-state index >= 15 is 0 Å². The molecule has 1 aliphatic rings. The fourth-order valence-electron chi connectivity index (χ4n) is 2.29. The van der Waals surface area contributed by atoms with Crippen LogP contribution in [0.25, 0.3) is 0 Å². The van der Waals surface area contributed by atoms with Gasteiger partial charge in [0.1, 0.15) is 5.82 Å². The molecule has 0 aromatic carbocycles. The molecule has 1 saturated heterocycles. The van der Waals surface area contributed by atoms with Crippen LogP contribution in [-0.2, 0) is 0 Å². The Morgan fingerprint density at radius 1 is 1.33 bits per heavy atom. The molecule has 18 heavy (non-hydrogen) atoms. The maximum Gasteiger partial charge on any atom is 0.141 e. The summed E-state index contributed by atoms with van der Waals surface area (Å²) in [5, 5.41) is 8.98. The highest BCUT2D eigenvalue weighted by Gasteiger charge is 2.14. The standard InChI is InChI=1S/C12H21N5O/c13-15-12-10-11(2-3-14-12)17-5-1-4-16(6-7-17)8-9-18/h2-3,10,18H,1,4-9,13H2,(H,14,15). The van der Waals surface area contributed by atoms with Crippen LogP contribution in [0, 0.1) is 0 Å². The fourth-order valence-corrected chi connectivity index (χ4v) is 2.29. The van der Waals surface area contributed by atoms with E-state index in [4.69, 9.17) is 10.9 Å². The number of nitrogen functional groups attached to an aromatic ring is 1. The summed E-state index contributed by atoms with van der Waals surface area (Å²) < 4.78 is 0. The van der Waals surface area contributed by atoms with Crippen molar-refractivity contribution >= 4 is 11.5 Å². The van der Waals surface area contributed by atoms with Crippen LogP contribution in [0.2, 0.25) is 0 Å². The Balaban J connectivity index is 2.00. The van der Waals surface area contributed by atoms with Gasteiger partial charge in [0.15, 0.2) is 0 Å². The first-order valence-electron chi connectivity index (χ1n) is 6.34. The SMILES string of the molecule is NNc1cc(N2CCCN(CCO)CC2)ccn1. The average molecular weight is 251 g/mol. The van der Waals surface area contributed by atoms with Crippen molar-refractivity contribution in [2.75, 3.05) is 49.7 Å². The molecule has 100 valence electrons. The maximum atomic E-state index is 8.98. The quantitative estimate of drug-likeness (QED) is 0.511. The Morgan fingerprint density at radius 3 is 3.00 bits per heavy atom. The molecule has 1 fully saturated rings. The fraction of sp³-hybridized carbons (Fsp3) is 0.583. The Morgan fingerprint density at radius 2 is 2.22 bits per heavy atom. The van der Waals surface area contributed by atoms with E-state index in [0.717, 1.165) is 44.8 Å². The minimum absolute atomic E-state index is 0.233. The van der Waals surface area contributed by atoms with Crippen LogP contribution in [0.3, 0.4) is 0 Å². The number of nitrogens with one attached hydrogen (secondary N) is 1. The summed E-state index contributed by atoms with van der Waals surface area (Å²) in [6, 6.07) is 3.96. The van der Waals surface area contributed by atoms with E-state index in [1.54, 1.807) is 6.20 Å². The van der Waals surface area contributed by atoms with Crippen LogP contribution >= 0.6 is 0 Å². The number of rotatable bonds is 4. The van der Waals surface area contributed by atoms with Crippen LogP contribution < -0.4 is 16.2 Å². The summed E-state index contributed by atoms with van der Waals surface area (Å²) >= 11 is 0. The van der Waals surface area contributed by atoms with Crippen molar-refractivity contribution in [1.82, 2.24) is 9.88 Å². The molecule has 0 unspecified atom stereocenters. The second-order valence-electron chi connectivity index (χ2n) is 4.45. The van der Waals surface area contributed by atoms with E-state index in [9.17, 15) is 0 Å². The number of hydrogen-bond acceptors (Lipinski definition) is 6. The van der Waals surface area contributed by atoms with Crippen LogP contribution in [0.15, 0.2) is 18.3 Å². The average Bonchev–Trinajstić information content (AvgIpc) is 2.65. The van der Waals surface area contributed by atoms with Gasteiger partial charge in [-0.05, 0) is 19.0 Å². The van der Waals surface area contributed by atoms with Gasteiger partial charge in [-0.15, -0.1) is 0 Å².